The molecule has 0 aromatic rings. The van der Waals surface area contributed by atoms with Crippen LogP contribution in [-0.4, -0.2) is 66.4 Å². The van der Waals surface area contributed by atoms with Crippen LogP contribution in [0.3, 0.4) is 0 Å². The highest BCUT2D eigenvalue weighted by atomic mass is 16.7. The standard InChI is InChI=1S/C57H98O9/c1-10-12-13-14-15-16-17-18-19-20-21-22-23-24-25-26-51(60)62-38-50-53(63-41(6)58)52(61)54(64-42(7)59)55(66-50)65-45-33-35-56(8)44(37-45)29-30-46-48-32-31-47(57(48,9)36-34-49(46)56)40(5)27-28-43(11-2)39(3)4/h29,39-40,43,45-50,52-55,61H,10-28,30-38H2,1-9H3/t40-,43-,45+,46+,47-,48+,49+,50-,52+,53-,54-,55-,56+,57-/m1/s1. The van der Waals surface area contributed by atoms with Crippen molar-refractivity contribution in [1.82, 2.24) is 0 Å². The number of aliphatic hydroxyl groups excluding tert-OH is 1. The summed E-state index contributed by atoms with van der Waals surface area (Å²) in [5, 5.41) is 11.6. The zero-order chi connectivity index (χ0) is 47.9. The molecule has 1 heterocycles. The van der Waals surface area contributed by atoms with Crippen LogP contribution in [0.1, 0.15) is 236 Å². The maximum atomic E-state index is 13.0. The van der Waals surface area contributed by atoms with Gasteiger partial charge in [0.1, 0.15) is 18.8 Å². The van der Waals surface area contributed by atoms with Crippen molar-refractivity contribution in [3.05, 3.63) is 11.6 Å². The van der Waals surface area contributed by atoms with Gasteiger partial charge in [0.25, 0.3) is 0 Å². The van der Waals surface area contributed by atoms with Crippen molar-refractivity contribution in [3.8, 4) is 0 Å². The van der Waals surface area contributed by atoms with Gasteiger partial charge in [-0.3, -0.25) is 14.4 Å². The molecule has 0 spiro atoms. The minimum atomic E-state index is -1.43. The predicted octanol–water partition coefficient (Wildman–Crippen LogP) is 13.8. The molecule has 1 aliphatic heterocycles. The number of ether oxygens (including phenoxy) is 5. The number of hydrogen-bond donors (Lipinski definition) is 1. The average molecular weight is 927 g/mol. The molecule has 0 radical (unpaired) electrons. The summed E-state index contributed by atoms with van der Waals surface area (Å²) in [5.74, 6) is 3.78. The Morgan fingerprint density at radius 2 is 1.36 bits per heavy atom. The summed E-state index contributed by atoms with van der Waals surface area (Å²) >= 11 is 0. The molecule has 0 aromatic carbocycles. The Morgan fingerprint density at radius 1 is 0.758 bits per heavy atom. The molecule has 0 aromatic heterocycles. The molecular weight excluding hydrogens is 829 g/mol. The van der Waals surface area contributed by atoms with Gasteiger partial charge in [-0.2, -0.15) is 0 Å². The van der Waals surface area contributed by atoms with Crippen molar-refractivity contribution < 1.29 is 43.2 Å². The minimum absolute atomic E-state index is 0.117. The van der Waals surface area contributed by atoms with Crippen molar-refractivity contribution in [2.24, 2.45) is 52.3 Å². The molecule has 14 atom stereocenters. The fourth-order valence-electron chi connectivity index (χ4n) is 14.3. The molecule has 9 nitrogen and oxygen atoms in total. The molecule has 5 aliphatic rings. The Balaban J connectivity index is 1.11. The van der Waals surface area contributed by atoms with E-state index < -0.39 is 42.6 Å². The van der Waals surface area contributed by atoms with Gasteiger partial charge in [-0.25, -0.2) is 0 Å². The largest absolute Gasteiger partial charge is 0.463 e. The molecule has 1 N–H and O–H groups in total. The fourth-order valence-corrected chi connectivity index (χ4v) is 14.3. The van der Waals surface area contributed by atoms with Gasteiger partial charge in [0.05, 0.1) is 6.10 Å². The van der Waals surface area contributed by atoms with E-state index in [4.69, 9.17) is 23.7 Å². The highest BCUT2D eigenvalue weighted by Gasteiger charge is 2.60. The fraction of sp³-hybridized carbons (Fsp3) is 0.912. The number of fused-ring (bicyclic) bond motifs is 5. The van der Waals surface area contributed by atoms with Crippen LogP contribution in [0.5, 0.6) is 0 Å². The van der Waals surface area contributed by atoms with Crippen LogP contribution in [0.2, 0.25) is 0 Å². The summed E-state index contributed by atoms with van der Waals surface area (Å²) in [6.45, 7) is 19.5. The third-order valence-electron chi connectivity index (χ3n) is 18.2. The second-order valence-corrected chi connectivity index (χ2v) is 23.0. The predicted molar refractivity (Wildman–Crippen MR) is 263 cm³/mol. The second-order valence-electron chi connectivity index (χ2n) is 23.0. The lowest BCUT2D eigenvalue weighted by Crippen LogP contribution is -2.62. The van der Waals surface area contributed by atoms with Crippen LogP contribution in [0, 0.1) is 52.3 Å². The molecule has 4 aliphatic carbocycles. The van der Waals surface area contributed by atoms with Crippen LogP contribution in [-0.2, 0) is 38.1 Å². The molecule has 3 saturated carbocycles. The Labute approximate surface area is 402 Å². The maximum Gasteiger partial charge on any atom is 0.305 e. The van der Waals surface area contributed by atoms with Gasteiger partial charge < -0.3 is 28.8 Å². The average Bonchev–Trinajstić information content (AvgIpc) is 3.64. The van der Waals surface area contributed by atoms with Crippen molar-refractivity contribution in [1.29, 1.82) is 0 Å². The number of hydrogen-bond acceptors (Lipinski definition) is 9. The van der Waals surface area contributed by atoms with Gasteiger partial charge in [-0.15, -0.1) is 0 Å². The van der Waals surface area contributed by atoms with Crippen LogP contribution in [0.15, 0.2) is 11.6 Å². The molecular formula is C57H98O9. The lowest BCUT2D eigenvalue weighted by atomic mass is 9.47. The number of carbonyl (C=O) groups excluding carboxylic acids is 3. The van der Waals surface area contributed by atoms with Crippen molar-refractivity contribution >= 4 is 17.9 Å². The van der Waals surface area contributed by atoms with Gasteiger partial charge in [-0.1, -0.05) is 163 Å². The second kappa shape index (κ2) is 26.9. The molecule has 380 valence electrons. The molecule has 4 fully saturated rings. The quantitative estimate of drug-likeness (QED) is 0.0354. The number of esters is 3. The van der Waals surface area contributed by atoms with E-state index >= 15 is 0 Å². The maximum absolute atomic E-state index is 13.0. The number of allylic oxidation sites excluding steroid dienone is 1. The Morgan fingerprint density at radius 3 is 1.95 bits per heavy atom. The highest BCUT2D eigenvalue weighted by Crippen LogP contribution is 2.67. The zero-order valence-electron chi connectivity index (χ0n) is 43.6. The third-order valence-corrected chi connectivity index (χ3v) is 18.2. The van der Waals surface area contributed by atoms with Crippen LogP contribution >= 0.6 is 0 Å². The Kier molecular flexibility index (Phi) is 22.4. The summed E-state index contributed by atoms with van der Waals surface area (Å²) in [6, 6.07) is 0. The molecule has 0 bridgehead atoms. The molecule has 9 heteroatoms. The summed E-state index contributed by atoms with van der Waals surface area (Å²) in [6.07, 6.45) is 28.5. The molecule has 5 rings (SSSR count). The highest BCUT2D eigenvalue weighted by molar-refractivity contribution is 5.69. The number of unbranched alkanes of at least 4 members (excludes halogenated alkanes) is 14. The molecule has 66 heavy (non-hydrogen) atoms. The summed E-state index contributed by atoms with van der Waals surface area (Å²) in [4.78, 5) is 37.6. The van der Waals surface area contributed by atoms with E-state index in [1.165, 1.54) is 141 Å². The molecule has 1 saturated heterocycles. The van der Waals surface area contributed by atoms with E-state index in [0.717, 1.165) is 80.5 Å². The smallest absolute Gasteiger partial charge is 0.305 e. The van der Waals surface area contributed by atoms with Crippen molar-refractivity contribution in [2.45, 2.75) is 272 Å². The first-order valence-electron chi connectivity index (χ1n) is 27.8. The van der Waals surface area contributed by atoms with Crippen molar-refractivity contribution in [2.75, 3.05) is 6.61 Å². The minimum Gasteiger partial charge on any atom is -0.463 e. The van der Waals surface area contributed by atoms with E-state index in [2.05, 4.69) is 54.5 Å². The first-order chi connectivity index (χ1) is 31.6. The first kappa shape index (κ1) is 55.0. The van der Waals surface area contributed by atoms with Gasteiger partial charge in [-0.05, 0) is 116 Å². The Hall–Kier alpha value is -1.97. The van der Waals surface area contributed by atoms with Gasteiger partial charge >= 0.3 is 17.9 Å². The van der Waals surface area contributed by atoms with Crippen LogP contribution < -0.4 is 0 Å². The van der Waals surface area contributed by atoms with Gasteiger partial charge in [0.2, 0.25) is 0 Å². The van der Waals surface area contributed by atoms with Crippen molar-refractivity contribution in [3.63, 3.8) is 0 Å². The van der Waals surface area contributed by atoms with E-state index in [1.54, 1.807) is 0 Å². The normalized spacial score (nSPS) is 33.8. The Bertz CT molecular complexity index is 1510. The lowest BCUT2D eigenvalue weighted by Gasteiger charge is -2.58. The van der Waals surface area contributed by atoms with E-state index in [9.17, 15) is 19.5 Å². The monoisotopic (exact) mass is 927 g/mol. The van der Waals surface area contributed by atoms with E-state index in [0.29, 0.717) is 11.3 Å². The van der Waals surface area contributed by atoms with E-state index in [-0.39, 0.29) is 30.5 Å². The summed E-state index contributed by atoms with van der Waals surface area (Å²) in [5.41, 5.74) is 2.01. The van der Waals surface area contributed by atoms with Crippen LogP contribution in [0.25, 0.3) is 0 Å². The van der Waals surface area contributed by atoms with Crippen LogP contribution in [0.4, 0.5) is 0 Å². The molecule has 0 unspecified atom stereocenters. The summed E-state index contributed by atoms with van der Waals surface area (Å²) < 4.78 is 30.0. The SMILES string of the molecule is CCCCCCCCCCCCCCCCCC(=O)OC[C@H]1O[C@@H](O[C@H]2CC[C@@]3(C)C(=CC[C@H]4[C@@H]5CC[C@H]([C@H](C)CC[C@@H](CC)C(C)C)[C@@]5(C)CC[C@@H]43)C2)[C@H](OC(C)=O)[C@@H](O)[C@@H]1OC(C)=O. The third kappa shape index (κ3) is 14.8. The number of aliphatic hydroxyl groups is 1. The lowest BCUT2D eigenvalue weighted by molar-refractivity contribution is -0.317. The zero-order valence-corrected chi connectivity index (χ0v) is 43.6. The topological polar surface area (TPSA) is 118 Å². The van der Waals surface area contributed by atoms with E-state index in [1.807, 2.05) is 0 Å². The first-order valence-corrected chi connectivity index (χ1v) is 27.8. The molecule has 0 amide bonds. The summed E-state index contributed by atoms with van der Waals surface area (Å²) in [7, 11) is 0. The van der Waals surface area contributed by atoms with Gasteiger partial charge in [0, 0.05) is 20.3 Å². The number of carbonyl (C=O) groups is 3. The number of rotatable bonds is 28. The van der Waals surface area contributed by atoms with Gasteiger partial charge in [0.15, 0.2) is 18.5 Å².